The molecule has 0 aliphatic rings. The molecule has 0 fully saturated rings. The van der Waals surface area contributed by atoms with Crippen LogP contribution in [-0.2, 0) is 0 Å². The van der Waals surface area contributed by atoms with Crippen LogP contribution in [0.5, 0.6) is 11.5 Å². The Morgan fingerprint density at radius 1 is 0.345 bits per heavy atom. The van der Waals surface area contributed by atoms with E-state index in [0.29, 0.717) is 0 Å². The van der Waals surface area contributed by atoms with Crippen LogP contribution in [0.25, 0.3) is 65.4 Å². The van der Waals surface area contributed by atoms with Gasteiger partial charge >= 0.3 is 0 Å². The Balaban J connectivity index is 1.02. The highest BCUT2D eigenvalue weighted by molar-refractivity contribution is 6.24. The van der Waals surface area contributed by atoms with Gasteiger partial charge in [0.05, 0.1) is 19.6 Å². The van der Waals surface area contributed by atoms with Gasteiger partial charge in [-0.05, 0) is 155 Å². The van der Waals surface area contributed by atoms with Crippen molar-refractivity contribution in [3.05, 3.63) is 182 Å². The van der Waals surface area contributed by atoms with Gasteiger partial charge in [-0.2, -0.15) is 0 Å². The normalized spacial score (nSPS) is 11.6. The van der Waals surface area contributed by atoms with Crippen LogP contribution < -0.4 is 19.3 Å². The van der Waals surface area contributed by atoms with E-state index < -0.39 is 0 Å². The highest BCUT2D eigenvalue weighted by Crippen LogP contribution is 2.44. The zero-order chi connectivity index (χ0) is 38.7. The van der Waals surface area contributed by atoms with E-state index in [2.05, 4.69) is 155 Å². The maximum absolute atomic E-state index is 6.81. The predicted octanol–water partition coefficient (Wildman–Crippen LogP) is 14.7. The highest BCUT2D eigenvalue weighted by atomic mass is 16.5. The molecule has 0 saturated heterocycles. The summed E-state index contributed by atoms with van der Waals surface area (Å²) in [7, 11) is 3.38. The summed E-state index contributed by atoms with van der Waals surface area (Å²) < 4.78 is 24.3. The Kier molecular flexibility index (Phi) is 7.83. The number of ether oxygens (including phenoxy) is 2. The van der Waals surface area contributed by atoms with E-state index in [1.807, 2.05) is 36.4 Å². The summed E-state index contributed by atoms with van der Waals surface area (Å²) in [5, 5.41) is 8.58. The number of benzene rings is 9. The van der Waals surface area contributed by atoms with Gasteiger partial charge in [-0.3, -0.25) is 0 Å². The summed E-state index contributed by atoms with van der Waals surface area (Å²) in [6, 6.07) is 63.3. The first-order valence-corrected chi connectivity index (χ1v) is 19.3. The first-order chi connectivity index (χ1) is 28.6. The molecule has 0 N–H and O–H groups in total. The third kappa shape index (κ3) is 5.57. The summed E-state index contributed by atoms with van der Waals surface area (Å²) in [5.74, 6) is 1.64. The fourth-order valence-electron chi connectivity index (χ4n) is 8.34. The number of nitrogens with zero attached hydrogens (tertiary/aromatic N) is 2. The minimum Gasteiger partial charge on any atom is -0.497 e. The lowest BCUT2D eigenvalue weighted by atomic mass is 10.0. The first kappa shape index (κ1) is 33.6. The van der Waals surface area contributed by atoms with Crippen LogP contribution in [0.1, 0.15) is 0 Å². The highest BCUT2D eigenvalue weighted by Gasteiger charge is 2.20. The van der Waals surface area contributed by atoms with Crippen LogP contribution in [0.3, 0.4) is 0 Å². The van der Waals surface area contributed by atoms with E-state index >= 15 is 0 Å². The van der Waals surface area contributed by atoms with Crippen molar-refractivity contribution in [1.29, 1.82) is 0 Å². The molecule has 278 valence electrons. The summed E-state index contributed by atoms with van der Waals surface area (Å²) in [4.78, 5) is 4.51. The van der Waals surface area contributed by atoms with Crippen LogP contribution in [0.4, 0.5) is 34.1 Å². The third-order valence-electron chi connectivity index (χ3n) is 11.2. The summed E-state index contributed by atoms with van der Waals surface area (Å²) >= 11 is 0. The first-order valence-electron chi connectivity index (χ1n) is 19.3. The number of hydrogen-bond donors (Lipinski definition) is 0. The SMILES string of the molecule is COc1ccc(N(c2ccccc2)c2ccc3cc4c(cc3c2)oc2c4ccc3oc4cc5cc(N(c6ccccc6)c6ccc(OC)cc6)ccc5cc4c32)cc1. The summed E-state index contributed by atoms with van der Waals surface area (Å²) in [5.41, 5.74) is 9.60. The smallest absolute Gasteiger partial charge is 0.147 e. The van der Waals surface area contributed by atoms with Gasteiger partial charge in [-0.25, -0.2) is 0 Å². The van der Waals surface area contributed by atoms with Gasteiger partial charge < -0.3 is 28.1 Å². The van der Waals surface area contributed by atoms with E-state index in [0.717, 1.165) is 111 Å². The molecule has 6 heteroatoms. The van der Waals surface area contributed by atoms with Gasteiger partial charge in [-0.1, -0.05) is 48.5 Å². The quantitative estimate of drug-likeness (QED) is 0.154. The Morgan fingerprint density at radius 3 is 1.33 bits per heavy atom. The van der Waals surface area contributed by atoms with Gasteiger partial charge in [0.2, 0.25) is 0 Å². The number of para-hydroxylation sites is 2. The molecule has 0 spiro atoms. The van der Waals surface area contributed by atoms with E-state index in [9.17, 15) is 0 Å². The molecule has 6 nitrogen and oxygen atoms in total. The molecule has 58 heavy (non-hydrogen) atoms. The molecule has 0 radical (unpaired) electrons. The molecule has 11 aromatic rings. The average molecular weight is 753 g/mol. The van der Waals surface area contributed by atoms with Crippen LogP contribution in [0.15, 0.2) is 191 Å². The Labute approximate surface area is 334 Å². The molecule has 11 rings (SSSR count). The number of hydrogen-bond acceptors (Lipinski definition) is 6. The molecular formula is C52H36N2O4. The van der Waals surface area contributed by atoms with Gasteiger partial charge in [0.15, 0.2) is 0 Å². The zero-order valence-corrected chi connectivity index (χ0v) is 31.8. The average Bonchev–Trinajstić information content (AvgIpc) is 3.83. The van der Waals surface area contributed by atoms with Gasteiger partial charge in [-0.15, -0.1) is 0 Å². The second kappa shape index (κ2) is 13.5. The summed E-state index contributed by atoms with van der Waals surface area (Å²) in [6.07, 6.45) is 0. The molecule has 0 atom stereocenters. The fraction of sp³-hybridized carbons (Fsp3) is 0.0385. The van der Waals surface area contributed by atoms with Crippen molar-refractivity contribution in [2.24, 2.45) is 0 Å². The van der Waals surface area contributed by atoms with Crippen molar-refractivity contribution in [3.8, 4) is 11.5 Å². The largest absolute Gasteiger partial charge is 0.497 e. The number of rotatable bonds is 8. The number of fused-ring (bicyclic) bond motifs is 9. The summed E-state index contributed by atoms with van der Waals surface area (Å²) in [6.45, 7) is 0. The van der Waals surface area contributed by atoms with Gasteiger partial charge in [0, 0.05) is 50.3 Å². The molecule has 0 aliphatic carbocycles. The number of methoxy groups -OCH3 is 2. The van der Waals surface area contributed by atoms with Crippen molar-refractivity contribution in [2.75, 3.05) is 24.0 Å². The Bertz CT molecular complexity index is 3300. The van der Waals surface area contributed by atoms with Crippen LogP contribution in [0.2, 0.25) is 0 Å². The number of anilines is 6. The Hall–Kier alpha value is -7.70. The monoisotopic (exact) mass is 752 g/mol. The van der Waals surface area contributed by atoms with Crippen molar-refractivity contribution >= 4 is 99.5 Å². The van der Waals surface area contributed by atoms with Crippen molar-refractivity contribution in [1.82, 2.24) is 0 Å². The minimum absolute atomic E-state index is 0.797. The standard InChI is InChI=1S/C52H36N2O4/c1-55-43-21-17-39(18-22-43)53(37-9-5-3-6-10-37)41-15-13-33-29-46-45-25-26-48-51(52(45)58-49(46)31-35(33)27-41)47-30-34-14-16-42(28-36(34)32-50(47)57-48)54(38-11-7-4-8-12-38)40-19-23-44(56-2)24-20-40/h3-32H,1-2H3. The maximum Gasteiger partial charge on any atom is 0.147 e. The topological polar surface area (TPSA) is 51.2 Å². The lowest BCUT2D eigenvalue weighted by Crippen LogP contribution is -2.09. The van der Waals surface area contributed by atoms with E-state index in [1.165, 1.54) is 0 Å². The molecular weight excluding hydrogens is 717 g/mol. The van der Waals surface area contributed by atoms with E-state index in [4.69, 9.17) is 18.3 Å². The van der Waals surface area contributed by atoms with Crippen LogP contribution >= 0.6 is 0 Å². The number of furan rings is 2. The lowest BCUT2D eigenvalue weighted by Gasteiger charge is -2.26. The van der Waals surface area contributed by atoms with Gasteiger partial charge in [0.25, 0.3) is 0 Å². The van der Waals surface area contributed by atoms with Crippen LogP contribution in [0, 0.1) is 0 Å². The second-order valence-electron chi connectivity index (χ2n) is 14.5. The van der Waals surface area contributed by atoms with E-state index in [-0.39, 0.29) is 0 Å². The Morgan fingerprint density at radius 2 is 0.810 bits per heavy atom. The molecule has 2 heterocycles. The second-order valence-corrected chi connectivity index (χ2v) is 14.5. The van der Waals surface area contributed by atoms with Gasteiger partial charge in [0.1, 0.15) is 33.8 Å². The van der Waals surface area contributed by atoms with Crippen molar-refractivity contribution in [2.45, 2.75) is 0 Å². The third-order valence-corrected chi connectivity index (χ3v) is 11.2. The lowest BCUT2D eigenvalue weighted by molar-refractivity contribution is 0.414. The molecule has 9 aromatic carbocycles. The fourth-order valence-corrected chi connectivity index (χ4v) is 8.34. The molecule has 0 aliphatic heterocycles. The van der Waals surface area contributed by atoms with E-state index in [1.54, 1.807) is 14.2 Å². The van der Waals surface area contributed by atoms with Crippen molar-refractivity contribution in [3.63, 3.8) is 0 Å². The predicted molar refractivity (Wildman–Crippen MR) is 238 cm³/mol. The molecule has 0 bridgehead atoms. The van der Waals surface area contributed by atoms with Crippen molar-refractivity contribution < 1.29 is 18.3 Å². The molecule has 0 unspecified atom stereocenters. The minimum atomic E-state index is 0.797. The van der Waals surface area contributed by atoms with Crippen LogP contribution in [-0.4, -0.2) is 14.2 Å². The molecule has 0 amide bonds. The molecule has 0 saturated carbocycles. The maximum atomic E-state index is 6.81. The zero-order valence-electron chi connectivity index (χ0n) is 31.8. The molecule has 2 aromatic heterocycles.